The molecule has 162 valence electrons. The monoisotopic (exact) mass is 421 g/mol. The first kappa shape index (κ1) is 21.2. The third-order valence-electron chi connectivity index (χ3n) is 8.61. The molecule has 2 amide bonds. The summed E-state index contributed by atoms with van der Waals surface area (Å²) < 4.78 is 6.03. The van der Waals surface area contributed by atoms with E-state index in [0.29, 0.717) is 29.6 Å². The Labute approximate surface area is 178 Å². The van der Waals surface area contributed by atoms with Gasteiger partial charge in [-0.2, -0.15) is 11.8 Å². The predicted octanol–water partition coefficient (Wildman–Crippen LogP) is 3.90. The number of esters is 1. The highest BCUT2D eigenvalue weighted by molar-refractivity contribution is 7.98. The van der Waals surface area contributed by atoms with E-state index < -0.39 is 6.04 Å². The molecule has 0 N–H and O–H groups in total. The first-order valence-electron chi connectivity index (χ1n) is 11.3. The standard InChI is InChI=1S/C23H35NO4S/c1-13-17-11-14(23(17,2)3)12-19(13)28-22(27)18(9-10-29-4)24-20(25)15-7-5-6-8-16(15)21(24)26/h13-19H,5-12H2,1-4H3. The fraction of sp³-hybridized carbons (Fsp3) is 0.870. The molecule has 4 aliphatic carbocycles. The molecule has 0 radical (unpaired) electrons. The van der Waals surface area contributed by atoms with Crippen LogP contribution in [-0.2, 0) is 19.1 Å². The quantitative estimate of drug-likeness (QED) is 0.481. The largest absolute Gasteiger partial charge is 0.461 e. The van der Waals surface area contributed by atoms with Crippen LogP contribution in [0.4, 0.5) is 0 Å². The van der Waals surface area contributed by atoms with Crippen molar-refractivity contribution in [3.05, 3.63) is 0 Å². The zero-order valence-corrected chi connectivity index (χ0v) is 19.0. The average molecular weight is 422 g/mol. The fourth-order valence-electron chi connectivity index (χ4n) is 6.56. The van der Waals surface area contributed by atoms with Crippen LogP contribution in [0.15, 0.2) is 0 Å². The summed E-state index contributed by atoms with van der Waals surface area (Å²) in [5, 5.41) is 0. The van der Waals surface area contributed by atoms with Crippen molar-refractivity contribution in [2.75, 3.05) is 12.0 Å². The van der Waals surface area contributed by atoms with Gasteiger partial charge in [0, 0.05) is 0 Å². The van der Waals surface area contributed by atoms with Crippen molar-refractivity contribution < 1.29 is 19.1 Å². The Hall–Kier alpha value is -1.04. The molecule has 1 saturated heterocycles. The van der Waals surface area contributed by atoms with Gasteiger partial charge in [0.2, 0.25) is 11.8 Å². The Morgan fingerprint density at radius 3 is 2.31 bits per heavy atom. The van der Waals surface area contributed by atoms with E-state index in [4.69, 9.17) is 4.74 Å². The number of hydrogen-bond donors (Lipinski definition) is 0. The van der Waals surface area contributed by atoms with Crippen molar-refractivity contribution in [1.82, 2.24) is 4.90 Å². The Morgan fingerprint density at radius 2 is 1.79 bits per heavy atom. The van der Waals surface area contributed by atoms with Gasteiger partial charge in [-0.05, 0) is 67.3 Å². The number of nitrogens with zero attached hydrogens (tertiary/aromatic N) is 1. The van der Waals surface area contributed by atoms with E-state index in [1.165, 1.54) is 11.3 Å². The van der Waals surface area contributed by atoms with Crippen LogP contribution in [0.5, 0.6) is 0 Å². The summed E-state index contributed by atoms with van der Waals surface area (Å²) in [5.74, 6) is 1.16. The highest BCUT2D eigenvalue weighted by Crippen LogP contribution is 2.61. The number of thioether (sulfide) groups is 1. The van der Waals surface area contributed by atoms with Crippen molar-refractivity contribution in [1.29, 1.82) is 0 Å². The molecule has 1 heterocycles. The first-order chi connectivity index (χ1) is 13.8. The van der Waals surface area contributed by atoms with Crippen LogP contribution in [0.3, 0.4) is 0 Å². The minimum Gasteiger partial charge on any atom is -0.461 e. The zero-order valence-electron chi connectivity index (χ0n) is 18.2. The molecule has 0 spiro atoms. The van der Waals surface area contributed by atoms with E-state index in [9.17, 15) is 14.4 Å². The molecular formula is C23H35NO4S. The lowest BCUT2D eigenvalue weighted by atomic mass is 9.45. The molecule has 5 rings (SSSR count). The van der Waals surface area contributed by atoms with E-state index >= 15 is 0 Å². The van der Waals surface area contributed by atoms with Crippen molar-refractivity contribution in [2.45, 2.75) is 77.9 Å². The third-order valence-corrected chi connectivity index (χ3v) is 9.25. The predicted molar refractivity (Wildman–Crippen MR) is 113 cm³/mol. The molecule has 7 unspecified atom stereocenters. The van der Waals surface area contributed by atoms with Gasteiger partial charge in [-0.1, -0.05) is 33.6 Å². The second kappa shape index (κ2) is 7.90. The van der Waals surface area contributed by atoms with Gasteiger partial charge in [-0.3, -0.25) is 14.5 Å². The maximum absolute atomic E-state index is 13.3. The van der Waals surface area contributed by atoms with E-state index in [1.807, 2.05) is 6.26 Å². The van der Waals surface area contributed by atoms with Gasteiger partial charge in [0.1, 0.15) is 12.1 Å². The van der Waals surface area contributed by atoms with Crippen molar-refractivity contribution in [3.63, 3.8) is 0 Å². The summed E-state index contributed by atoms with van der Waals surface area (Å²) in [6.45, 7) is 6.84. The number of amides is 2. The van der Waals surface area contributed by atoms with Gasteiger partial charge < -0.3 is 4.74 Å². The Morgan fingerprint density at radius 1 is 1.17 bits per heavy atom. The maximum Gasteiger partial charge on any atom is 0.329 e. The van der Waals surface area contributed by atoms with E-state index in [2.05, 4.69) is 20.8 Å². The lowest BCUT2D eigenvalue weighted by molar-refractivity contribution is -0.191. The van der Waals surface area contributed by atoms with Gasteiger partial charge >= 0.3 is 5.97 Å². The molecule has 1 aliphatic heterocycles. The molecule has 0 aromatic carbocycles. The highest BCUT2D eigenvalue weighted by atomic mass is 32.2. The molecule has 7 atom stereocenters. The second-order valence-electron chi connectivity index (χ2n) is 10.3. The number of fused-ring (bicyclic) bond motifs is 3. The third kappa shape index (κ3) is 3.43. The molecule has 0 aromatic rings. The summed E-state index contributed by atoms with van der Waals surface area (Å²) in [7, 11) is 0. The minimum atomic E-state index is -0.758. The average Bonchev–Trinajstić information content (AvgIpc) is 2.95. The van der Waals surface area contributed by atoms with E-state index in [0.717, 1.165) is 37.9 Å². The van der Waals surface area contributed by atoms with E-state index in [1.54, 1.807) is 11.8 Å². The fourth-order valence-corrected chi connectivity index (χ4v) is 7.02. The number of hydrogen-bond acceptors (Lipinski definition) is 5. The van der Waals surface area contributed by atoms with Gasteiger partial charge in [0.15, 0.2) is 0 Å². The molecule has 2 bridgehead atoms. The molecule has 4 saturated carbocycles. The number of likely N-dealkylation sites (tertiary alicyclic amines) is 1. The maximum atomic E-state index is 13.3. The molecule has 0 aromatic heterocycles. The molecular weight excluding hydrogens is 386 g/mol. The molecule has 5 fully saturated rings. The van der Waals surface area contributed by atoms with Crippen LogP contribution in [0.2, 0.25) is 0 Å². The minimum absolute atomic E-state index is 0.0915. The van der Waals surface area contributed by atoms with Crippen molar-refractivity contribution in [3.8, 4) is 0 Å². The molecule has 5 aliphatic rings. The van der Waals surface area contributed by atoms with Gasteiger partial charge in [-0.25, -0.2) is 4.79 Å². The van der Waals surface area contributed by atoms with Crippen LogP contribution >= 0.6 is 11.8 Å². The first-order valence-corrected chi connectivity index (χ1v) is 12.7. The lowest BCUT2D eigenvalue weighted by Crippen LogP contribution is -2.58. The smallest absolute Gasteiger partial charge is 0.329 e. The Bertz CT molecular complexity index is 668. The summed E-state index contributed by atoms with van der Waals surface area (Å²) in [6, 6.07) is -0.758. The Kier molecular flexibility index (Phi) is 5.77. The van der Waals surface area contributed by atoms with Crippen molar-refractivity contribution in [2.24, 2.45) is 35.0 Å². The molecule has 6 heteroatoms. The van der Waals surface area contributed by atoms with Gasteiger partial charge in [0.05, 0.1) is 11.8 Å². The number of ether oxygens (including phenoxy) is 1. The van der Waals surface area contributed by atoms with Gasteiger partial charge in [-0.15, -0.1) is 0 Å². The molecule has 5 nitrogen and oxygen atoms in total. The topological polar surface area (TPSA) is 63.7 Å². The van der Waals surface area contributed by atoms with Crippen LogP contribution in [-0.4, -0.2) is 46.8 Å². The SMILES string of the molecule is CSCCC(C(=O)OC1CC2CC(C1C)C2(C)C)N1C(=O)C2CCCCC2C1=O. The summed E-state index contributed by atoms with van der Waals surface area (Å²) in [6.07, 6.45) is 8.03. The van der Waals surface area contributed by atoms with Crippen LogP contribution in [0, 0.1) is 35.0 Å². The summed E-state index contributed by atoms with van der Waals surface area (Å²) >= 11 is 1.63. The van der Waals surface area contributed by atoms with Crippen molar-refractivity contribution >= 4 is 29.5 Å². The van der Waals surface area contributed by atoms with Gasteiger partial charge in [0.25, 0.3) is 0 Å². The summed E-state index contributed by atoms with van der Waals surface area (Å²) in [4.78, 5) is 40.7. The zero-order chi connectivity index (χ0) is 20.9. The summed E-state index contributed by atoms with van der Waals surface area (Å²) in [5.41, 5.74) is 0.331. The highest BCUT2D eigenvalue weighted by Gasteiger charge is 2.58. The Balaban J connectivity index is 1.49. The normalized spacial score (nSPS) is 39.0. The number of imide groups is 1. The van der Waals surface area contributed by atoms with E-state index in [-0.39, 0.29) is 35.7 Å². The second-order valence-corrected chi connectivity index (χ2v) is 11.3. The lowest BCUT2D eigenvalue weighted by Gasteiger charge is -2.61. The number of carbonyl (C=O) groups excluding carboxylic acids is 3. The van der Waals surface area contributed by atoms with Crippen LogP contribution in [0.25, 0.3) is 0 Å². The van der Waals surface area contributed by atoms with Crippen LogP contribution in [0.1, 0.15) is 65.7 Å². The van der Waals surface area contributed by atoms with Crippen LogP contribution < -0.4 is 0 Å². The molecule has 29 heavy (non-hydrogen) atoms. The number of rotatable bonds is 6. The number of carbonyl (C=O) groups is 3.